The van der Waals surface area contributed by atoms with Crippen LogP contribution >= 0.6 is 7.26 Å². The van der Waals surface area contributed by atoms with Gasteiger partial charge in [-0.15, -0.1) is 0 Å². The first kappa shape index (κ1) is 22.3. The van der Waals surface area contributed by atoms with Crippen LogP contribution in [0.2, 0.25) is 0 Å². The maximum absolute atomic E-state index is 13.5. The van der Waals surface area contributed by atoms with Crippen molar-refractivity contribution < 1.29 is 42.2 Å². The number of hydrogen-bond donors (Lipinski definition) is 1. The number of nitrogens with one attached hydrogen (secondary N) is 1. The minimum Gasteiger partial charge on any atom is -0.497 e. The quantitative estimate of drug-likeness (QED) is 0.610. The van der Waals surface area contributed by atoms with Crippen molar-refractivity contribution in [2.75, 3.05) is 30.9 Å². The molecule has 1 aliphatic carbocycles. The van der Waals surface area contributed by atoms with Crippen molar-refractivity contribution in [1.29, 1.82) is 0 Å². The zero-order valence-electron chi connectivity index (χ0n) is 16.9. The number of aryl methyl sites for hydroxylation is 2. The Bertz CT molecular complexity index is 628. The van der Waals surface area contributed by atoms with Gasteiger partial charge >= 0.3 is 0 Å². The fourth-order valence-corrected chi connectivity index (χ4v) is 10.8. The molecule has 1 saturated carbocycles. The molecule has 1 N–H and O–H groups in total. The monoisotopic (exact) mass is 451 g/mol. The average molecular weight is 451 g/mol. The van der Waals surface area contributed by atoms with Gasteiger partial charge in [0, 0.05) is 45.7 Å². The summed E-state index contributed by atoms with van der Waals surface area (Å²) in [6.45, 7) is 6.46. The van der Waals surface area contributed by atoms with Gasteiger partial charge in [-0.25, -0.2) is 0 Å². The van der Waals surface area contributed by atoms with Gasteiger partial charge in [0.05, 0.1) is 25.6 Å². The zero-order valence-corrected chi connectivity index (χ0v) is 20.6. The van der Waals surface area contributed by atoms with Crippen molar-refractivity contribution in [3.63, 3.8) is 0 Å². The van der Waals surface area contributed by atoms with Gasteiger partial charge in [0.1, 0.15) is 5.75 Å². The number of carbonyl (C=O) groups is 1. The maximum Gasteiger partial charge on any atom is 0.268 e. The van der Waals surface area contributed by atoms with E-state index < -0.39 is 7.26 Å². The first-order valence-corrected chi connectivity index (χ1v) is 12.2. The molecule has 1 saturated heterocycles. The van der Waals surface area contributed by atoms with Crippen LogP contribution in [-0.2, 0) is 37.5 Å². The van der Waals surface area contributed by atoms with Crippen LogP contribution in [0.5, 0.6) is 5.75 Å². The van der Waals surface area contributed by atoms with Crippen LogP contribution in [0.1, 0.15) is 56.6 Å². The number of rotatable bonds is 5. The molecule has 0 spiro atoms. The van der Waals surface area contributed by atoms with Crippen LogP contribution < -0.4 is 10.1 Å². The Labute approximate surface area is 184 Å². The molecule has 2 aliphatic rings. The molecule has 1 radical (unpaired) electrons. The largest absolute Gasteiger partial charge is 0.497 e. The molecular formula is C21H33NO2PY+. The van der Waals surface area contributed by atoms with Gasteiger partial charge in [-0.1, -0.05) is 0 Å². The Balaban J connectivity index is 0.00000243. The third-order valence-electron chi connectivity index (χ3n) is 6.77. The summed E-state index contributed by atoms with van der Waals surface area (Å²) in [5.41, 5.74) is 3.17. The Kier molecular flexibility index (Phi) is 7.74. The van der Waals surface area contributed by atoms with E-state index in [0.717, 1.165) is 35.4 Å². The van der Waals surface area contributed by atoms with Crippen molar-refractivity contribution in [3.8, 4) is 5.75 Å². The van der Waals surface area contributed by atoms with E-state index >= 15 is 0 Å². The Hall–Kier alpha value is 0.0239. The molecule has 1 aliphatic heterocycles. The number of amides is 1. The van der Waals surface area contributed by atoms with Crippen LogP contribution in [0.4, 0.5) is 5.69 Å². The molecule has 2 fully saturated rings. The predicted octanol–water partition coefficient (Wildman–Crippen LogP) is 5.39. The molecular weight excluding hydrogens is 418 g/mol. The second-order valence-electron chi connectivity index (χ2n) is 7.94. The summed E-state index contributed by atoms with van der Waals surface area (Å²) in [6, 6.07) is 4.03. The SMILES string of the molecule is CC[P+]1(C2(C(=O)Nc3c(C)cc(OC)cc3C)CCC2)CCCCC1.[Y]. The first-order valence-electron chi connectivity index (χ1n) is 9.81. The summed E-state index contributed by atoms with van der Waals surface area (Å²) in [6.07, 6.45) is 11.3. The molecule has 26 heavy (non-hydrogen) atoms. The van der Waals surface area contributed by atoms with Crippen LogP contribution in [0.25, 0.3) is 0 Å². The summed E-state index contributed by atoms with van der Waals surface area (Å²) in [7, 11) is 0.507. The van der Waals surface area contributed by atoms with E-state index in [1.54, 1.807) is 7.11 Å². The molecule has 5 heteroatoms. The number of carbonyl (C=O) groups excluding carboxylic acids is 1. The van der Waals surface area contributed by atoms with E-state index in [2.05, 4.69) is 26.1 Å². The van der Waals surface area contributed by atoms with Crippen LogP contribution in [-0.4, -0.2) is 36.7 Å². The van der Waals surface area contributed by atoms with E-state index in [9.17, 15) is 4.79 Å². The predicted molar refractivity (Wildman–Crippen MR) is 109 cm³/mol. The van der Waals surface area contributed by atoms with Crippen molar-refractivity contribution in [2.24, 2.45) is 0 Å². The van der Waals surface area contributed by atoms with E-state index in [1.807, 2.05) is 12.1 Å². The van der Waals surface area contributed by atoms with Crippen molar-refractivity contribution in [2.45, 2.75) is 64.5 Å². The van der Waals surface area contributed by atoms with Crippen LogP contribution in [0.15, 0.2) is 12.1 Å². The fraction of sp³-hybridized carbons (Fsp3) is 0.667. The van der Waals surface area contributed by atoms with Crippen molar-refractivity contribution in [3.05, 3.63) is 23.3 Å². The molecule has 3 rings (SSSR count). The Morgan fingerprint density at radius 1 is 1.12 bits per heavy atom. The molecule has 0 bridgehead atoms. The van der Waals surface area contributed by atoms with E-state index in [4.69, 9.17) is 4.74 Å². The van der Waals surface area contributed by atoms with Crippen molar-refractivity contribution in [1.82, 2.24) is 0 Å². The number of anilines is 1. The van der Waals surface area contributed by atoms with E-state index in [1.165, 1.54) is 44.2 Å². The third-order valence-corrected chi connectivity index (χ3v) is 12.8. The normalized spacial score (nSPS) is 20.5. The second kappa shape index (κ2) is 9.02. The number of benzene rings is 1. The molecule has 141 valence electrons. The molecule has 1 heterocycles. The average Bonchev–Trinajstić information content (AvgIpc) is 2.57. The van der Waals surface area contributed by atoms with Gasteiger partial charge in [0.15, 0.2) is 5.16 Å². The molecule has 1 amide bonds. The minimum atomic E-state index is -1.18. The van der Waals surface area contributed by atoms with Gasteiger partial charge in [-0.2, -0.15) is 0 Å². The van der Waals surface area contributed by atoms with Gasteiger partial charge in [0.25, 0.3) is 5.91 Å². The maximum atomic E-state index is 13.5. The standard InChI is InChI=1S/C21H32NO2P.Y/c1-5-25(12-7-6-8-13-25)21(10-9-11-21)20(23)22-19-16(2)14-18(24-4)15-17(19)3;/h14-15H,5-13H2,1-4H3;/p+1. The Morgan fingerprint density at radius 2 is 1.69 bits per heavy atom. The summed E-state index contributed by atoms with van der Waals surface area (Å²) in [4.78, 5) is 13.5. The van der Waals surface area contributed by atoms with Gasteiger partial charge in [0.2, 0.25) is 0 Å². The van der Waals surface area contributed by atoms with Gasteiger partial charge in [-0.3, -0.25) is 4.79 Å². The smallest absolute Gasteiger partial charge is 0.268 e. The molecule has 0 atom stereocenters. The van der Waals surface area contributed by atoms with Crippen molar-refractivity contribution >= 4 is 18.9 Å². The van der Waals surface area contributed by atoms with Gasteiger partial charge < -0.3 is 10.1 Å². The summed E-state index contributed by atoms with van der Waals surface area (Å²) >= 11 is 0. The number of ether oxygens (including phenoxy) is 1. The summed E-state index contributed by atoms with van der Waals surface area (Å²) in [5.74, 6) is 1.17. The van der Waals surface area contributed by atoms with Gasteiger partial charge in [-0.05, 0) is 82.6 Å². The topological polar surface area (TPSA) is 38.3 Å². The van der Waals surface area contributed by atoms with E-state index in [0.29, 0.717) is 5.91 Å². The first-order chi connectivity index (χ1) is 12.0. The fourth-order valence-electron chi connectivity index (χ4n) is 5.06. The molecule has 1 aromatic rings. The molecule has 0 unspecified atom stereocenters. The Morgan fingerprint density at radius 3 is 2.12 bits per heavy atom. The zero-order chi connectivity index (χ0) is 18.1. The molecule has 1 aromatic carbocycles. The molecule has 3 nitrogen and oxygen atoms in total. The van der Waals surface area contributed by atoms with Crippen LogP contribution in [0, 0.1) is 13.8 Å². The van der Waals surface area contributed by atoms with Crippen LogP contribution in [0.3, 0.4) is 0 Å². The number of hydrogen-bond acceptors (Lipinski definition) is 2. The summed E-state index contributed by atoms with van der Waals surface area (Å²) in [5, 5.41) is 3.32. The number of methoxy groups -OCH3 is 1. The third kappa shape index (κ3) is 3.78. The molecule has 0 aromatic heterocycles. The minimum absolute atomic E-state index is 0. The summed E-state index contributed by atoms with van der Waals surface area (Å²) < 4.78 is 5.36. The second-order valence-corrected chi connectivity index (χ2v) is 12.6. The van der Waals surface area contributed by atoms with E-state index in [-0.39, 0.29) is 37.9 Å².